The van der Waals surface area contributed by atoms with Gasteiger partial charge in [-0.25, -0.2) is 4.39 Å². The van der Waals surface area contributed by atoms with E-state index in [-0.39, 0.29) is 24.3 Å². The van der Waals surface area contributed by atoms with Crippen LogP contribution in [0.4, 0.5) is 4.39 Å². The molecule has 6 nitrogen and oxygen atoms in total. The molecule has 0 saturated heterocycles. The molecule has 0 bridgehead atoms. The van der Waals surface area contributed by atoms with Crippen molar-refractivity contribution in [2.75, 3.05) is 0 Å². The number of nitrogens with zero attached hydrogens (tertiary/aromatic N) is 4. The van der Waals surface area contributed by atoms with Crippen molar-refractivity contribution in [2.24, 2.45) is 0 Å². The molecule has 0 unspecified atom stereocenters. The summed E-state index contributed by atoms with van der Waals surface area (Å²) in [6, 6.07) is 6.11. The molecule has 1 aromatic carbocycles. The summed E-state index contributed by atoms with van der Waals surface area (Å²) in [5.41, 5.74) is 0.667. The highest BCUT2D eigenvalue weighted by Gasteiger charge is 2.16. The molecule has 0 radical (unpaired) electrons. The maximum Gasteiger partial charge on any atom is 0.243 e. The summed E-state index contributed by atoms with van der Waals surface area (Å²) >= 11 is 0. The van der Waals surface area contributed by atoms with Gasteiger partial charge in [0.15, 0.2) is 0 Å². The van der Waals surface area contributed by atoms with Gasteiger partial charge in [-0.3, -0.25) is 4.79 Å². The average Bonchev–Trinajstić information content (AvgIpc) is 2.97. The van der Waals surface area contributed by atoms with Gasteiger partial charge < -0.3 is 5.32 Å². The number of halogens is 1. The minimum absolute atomic E-state index is 0.0463. The maximum atomic E-state index is 12.9. The van der Waals surface area contributed by atoms with Gasteiger partial charge in [-0.05, 0) is 42.3 Å². The third-order valence-corrected chi connectivity index (χ3v) is 3.81. The summed E-state index contributed by atoms with van der Waals surface area (Å²) in [6.07, 6.45) is 5.66. The largest absolute Gasteiger partial charge is 0.352 e. The summed E-state index contributed by atoms with van der Waals surface area (Å²) < 4.78 is 12.9. The molecule has 116 valence electrons. The van der Waals surface area contributed by atoms with E-state index in [9.17, 15) is 9.18 Å². The molecular formula is C15H18FN5O. The van der Waals surface area contributed by atoms with E-state index in [1.807, 2.05) is 0 Å². The molecule has 1 aliphatic carbocycles. The molecule has 0 atom stereocenters. The summed E-state index contributed by atoms with van der Waals surface area (Å²) in [7, 11) is 0. The standard InChI is InChI=1S/C15H18FN5O/c16-12-8-6-11(7-9-12)15-18-20-21(19-15)10-14(22)17-13-4-2-1-3-5-13/h6-9,13H,1-5,10H2,(H,17,22). The average molecular weight is 303 g/mol. The Kier molecular flexibility index (Phi) is 4.41. The number of amides is 1. The van der Waals surface area contributed by atoms with Crippen LogP contribution in [0.3, 0.4) is 0 Å². The molecule has 0 aliphatic heterocycles. The molecule has 1 N–H and O–H groups in total. The van der Waals surface area contributed by atoms with E-state index >= 15 is 0 Å². The second-order valence-corrected chi connectivity index (χ2v) is 5.55. The highest BCUT2D eigenvalue weighted by molar-refractivity contribution is 5.75. The van der Waals surface area contributed by atoms with Crippen LogP contribution in [-0.2, 0) is 11.3 Å². The number of nitrogens with one attached hydrogen (secondary N) is 1. The smallest absolute Gasteiger partial charge is 0.243 e. The zero-order chi connectivity index (χ0) is 15.4. The van der Waals surface area contributed by atoms with Crippen molar-refractivity contribution >= 4 is 5.91 Å². The van der Waals surface area contributed by atoms with Crippen LogP contribution in [0, 0.1) is 5.82 Å². The fourth-order valence-corrected chi connectivity index (χ4v) is 2.67. The van der Waals surface area contributed by atoms with Crippen LogP contribution in [0.1, 0.15) is 32.1 Å². The summed E-state index contributed by atoms with van der Waals surface area (Å²) in [5, 5.41) is 14.9. The zero-order valence-electron chi connectivity index (χ0n) is 12.2. The Morgan fingerprint density at radius 3 is 2.68 bits per heavy atom. The molecule has 0 spiro atoms. The van der Waals surface area contributed by atoms with E-state index in [2.05, 4.69) is 20.7 Å². The quantitative estimate of drug-likeness (QED) is 0.936. The van der Waals surface area contributed by atoms with Crippen molar-refractivity contribution in [3.05, 3.63) is 30.1 Å². The predicted octanol–water partition coefficient (Wildman–Crippen LogP) is 1.93. The minimum Gasteiger partial charge on any atom is -0.352 e. The van der Waals surface area contributed by atoms with Crippen molar-refractivity contribution in [1.82, 2.24) is 25.5 Å². The van der Waals surface area contributed by atoms with Gasteiger partial charge in [0.1, 0.15) is 12.4 Å². The van der Waals surface area contributed by atoms with Gasteiger partial charge in [-0.2, -0.15) is 4.80 Å². The van der Waals surface area contributed by atoms with Crippen molar-refractivity contribution in [2.45, 2.75) is 44.7 Å². The van der Waals surface area contributed by atoms with Crippen LogP contribution in [0.5, 0.6) is 0 Å². The lowest BCUT2D eigenvalue weighted by Crippen LogP contribution is -2.38. The lowest BCUT2D eigenvalue weighted by Gasteiger charge is -2.22. The highest BCUT2D eigenvalue weighted by Crippen LogP contribution is 2.17. The fourth-order valence-electron chi connectivity index (χ4n) is 2.67. The van der Waals surface area contributed by atoms with E-state index in [0.29, 0.717) is 11.4 Å². The van der Waals surface area contributed by atoms with Gasteiger partial charge in [-0.1, -0.05) is 19.3 Å². The van der Waals surface area contributed by atoms with Gasteiger partial charge >= 0.3 is 0 Å². The summed E-state index contributed by atoms with van der Waals surface area (Å²) in [5.74, 6) is -0.0385. The number of aromatic nitrogens is 4. The third-order valence-electron chi connectivity index (χ3n) is 3.81. The van der Waals surface area contributed by atoms with E-state index < -0.39 is 0 Å². The Morgan fingerprint density at radius 1 is 1.23 bits per heavy atom. The van der Waals surface area contributed by atoms with Crippen molar-refractivity contribution in [3.8, 4) is 11.4 Å². The van der Waals surface area contributed by atoms with Crippen LogP contribution < -0.4 is 5.32 Å². The fraction of sp³-hybridized carbons (Fsp3) is 0.467. The minimum atomic E-state index is -0.317. The topological polar surface area (TPSA) is 72.7 Å². The Morgan fingerprint density at radius 2 is 1.95 bits per heavy atom. The Balaban J connectivity index is 1.59. The monoisotopic (exact) mass is 303 g/mol. The molecule has 1 aromatic heterocycles. The molecule has 3 rings (SSSR count). The molecule has 22 heavy (non-hydrogen) atoms. The molecule has 1 saturated carbocycles. The second-order valence-electron chi connectivity index (χ2n) is 5.55. The van der Waals surface area contributed by atoms with Gasteiger partial charge in [0, 0.05) is 11.6 Å². The normalized spacial score (nSPS) is 15.7. The van der Waals surface area contributed by atoms with Crippen molar-refractivity contribution in [3.63, 3.8) is 0 Å². The Labute approximate surface area is 127 Å². The molecular weight excluding hydrogens is 285 g/mol. The number of hydrogen-bond acceptors (Lipinski definition) is 4. The molecule has 7 heteroatoms. The summed E-state index contributed by atoms with van der Waals surface area (Å²) in [4.78, 5) is 13.2. The SMILES string of the molecule is O=C(Cn1nnc(-c2ccc(F)cc2)n1)NC1CCCCC1. The van der Waals surface area contributed by atoms with Gasteiger partial charge in [0.05, 0.1) is 0 Å². The molecule has 1 amide bonds. The van der Waals surface area contributed by atoms with Crippen LogP contribution >= 0.6 is 0 Å². The van der Waals surface area contributed by atoms with Crippen molar-refractivity contribution in [1.29, 1.82) is 0 Å². The lowest BCUT2D eigenvalue weighted by atomic mass is 9.95. The van der Waals surface area contributed by atoms with E-state index in [1.165, 1.54) is 36.2 Å². The molecule has 1 heterocycles. The van der Waals surface area contributed by atoms with Gasteiger partial charge in [0.25, 0.3) is 0 Å². The van der Waals surface area contributed by atoms with E-state index in [1.54, 1.807) is 12.1 Å². The first kappa shape index (κ1) is 14.6. The third kappa shape index (κ3) is 3.66. The first-order valence-electron chi connectivity index (χ1n) is 7.54. The Hall–Kier alpha value is -2.31. The van der Waals surface area contributed by atoms with Gasteiger partial charge in [-0.15, -0.1) is 10.2 Å². The predicted molar refractivity (Wildman–Crippen MR) is 78.2 cm³/mol. The Bertz CT molecular complexity index is 634. The number of benzene rings is 1. The maximum absolute atomic E-state index is 12.9. The molecule has 1 aliphatic rings. The van der Waals surface area contributed by atoms with E-state index in [4.69, 9.17) is 0 Å². The number of hydrogen-bond donors (Lipinski definition) is 1. The molecule has 1 fully saturated rings. The first-order chi connectivity index (χ1) is 10.7. The summed E-state index contributed by atoms with van der Waals surface area (Å²) in [6.45, 7) is 0.0463. The van der Waals surface area contributed by atoms with Crippen LogP contribution in [0.25, 0.3) is 11.4 Å². The number of rotatable bonds is 4. The molecule has 2 aromatic rings. The first-order valence-corrected chi connectivity index (χ1v) is 7.54. The number of carbonyl (C=O) groups excluding carboxylic acids is 1. The highest BCUT2D eigenvalue weighted by atomic mass is 19.1. The van der Waals surface area contributed by atoms with Crippen LogP contribution in [0.2, 0.25) is 0 Å². The van der Waals surface area contributed by atoms with Crippen molar-refractivity contribution < 1.29 is 9.18 Å². The number of tetrazole rings is 1. The van der Waals surface area contributed by atoms with Crippen LogP contribution in [-0.4, -0.2) is 32.2 Å². The zero-order valence-corrected chi connectivity index (χ0v) is 12.2. The van der Waals surface area contributed by atoms with Crippen LogP contribution in [0.15, 0.2) is 24.3 Å². The lowest BCUT2D eigenvalue weighted by molar-refractivity contribution is -0.123. The number of carbonyl (C=O) groups is 1. The van der Waals surface area contributed by atoms with Gasteiger partial charge in [0.2, 0.25) is 11.7 Å². The van der Waals surface area contributed by atoms with E-state index in [0.717, 1.165) is 12.8 Å². The second kappa shape index (κ2) is 6.64.